The van der Waals surface area contributed by atoms with E-state index in [0.29, 0.717) is 0 Å². The van der Waals surface area contributed by atoms with Gasteiger partial charge >= 0.3 is 0 Å². The fraction of sp³-hybridized carbons (Fsp3) is 0.143. The van der Waals surface area contributed by atoms with Crippen LogP contribution < -0.4 is 0 Å². The third-order valence-corrected chi connectivity index (χ3v) is 3.41. The van der Waals surface area contributed by atoms with Crippen molar-refractivity contribution in [1.29, 1.82) is 0 Å². The first-order valence-electron chi connectivity index (χ1n) is 3.24. The number of rotatable bonds is 1. The number of nitrogens with zero attached hydrogens (tertiary/aromatic N) is 2. The first-order valence-corrected chi connectivity index (χ1v) is 5.95. The van der Waals surface area contributed by atoms with Crippen LogP contribution in [0.25, 0.3) is 10.2 Å². The van der Waals surface area contributed by atoms with Crippen LogP contribution in [-0.2, 0) is 0 Å². The minimum Gasteiger partial charge on any atom is -0.243 e. The van der Waals surface area contributed by atoms with Gasteiger partial charge in [0.2, 0.25) is 0 Å². The lowest BCUT2D eigenvalue weighted by Gasteiger charge is -1.96. The van der Waals surface area contributed by atoms with E-state index in [1.54, 1.807) is 17.7 Å². The van der Waals surface area contributed by atoms with Gasteiger partial charge in [-0.3, -0.25) is 0 Å². The van der Waals surface area contributed by atoms with E-state index in [2.05, 4.69) is 47.2 Å². The van der Waals surface area contributed by atoms with E-state index in [1.165, 1.54) is 0 Å². The molecule has 0 saturated carbocycles. The number of hydrogen-bond acceptors (Lipinski definition) is 3. The SMILES string of the molecule is BrC(Br)c1csc2cncnc12. The predicted molar refractivity (Wildman–Crippen MR) is 58.0 cm³/mol. The topological polar surface area (TPSA) is 25.8 Å². The normalized spacial score (nSPS) is 11.2. The molecule has 0 atom stereocenters. The summed E-state index contributed by atoms with van der Waals surface area (Å²) in [7, 11) is 0. The number of alkyl halides is 2. The Labute approximate surface area is 90.3 Å². The van der Waals surface area contributed by atoms with Gasteiger partial charge in [0, 0.05) is 11.8 Å². The van der Waals surface area contributed by atoms with Crippen molar-refractivity contribution < 1.29 is 0 Å². The Balaban J connectivity index is 2.70. The van der Waals surface area contributed by atoms with Crippen molar-refractivity contribution in [3.05, 3.63) is 23.5 Å². The van der Waals surface area contributed by atoms with Crippen molar-refractivity contribution in [2.75, 3.05) is 0 Å². The van der Waals surface area contributed by atoms with Gasteiger partial charge in [-0.1, -0.05) is 31.9 Å². The quantitative estimate of drug-likeness (QED) is 0.754. The van der Waals surface area contributed by atoms with Crippen LogP contribution >= 0.6 is 43.2 Å². The largest absolute Gasteiger partial charge is 0.243 e. The second kappa shape index (κ2) is 3.40. The zero-order valence-electron chi connectivity index (χ0n) is 5.87. The summed E-state index contributed by atoms with van der Waals surface area (Å²) in [6.07, 6.45) is 3.40. The summed E-state index contributed by atoms with van der Waals surface area (Å²) in [6, 6.07) is 0. The van der Waals surface area contributed by atoms with Gasteiger partial charge in [-0.05, 0) is 5.38 Å². The molecule has 2 aromatic rings. The molecule has 0 aliphatic heterocycles. The fourth-order valence-electron chi connectivity index (χ4n) is 0.957. The maximum absolute atomic E-state index is 4.20. The minimum absolute atomic E-state index is 0.175. The summed E-state index contributed by atoms with van der Waals surface area (Å²) < 4.78 is 1.30. The van der Waals surface area contributed by atoms with E-state index < -0.39 is 0 Å². The number of fused-ring (bicyclic) bond motifs is 1. The van der Waals surface area contributed by atoms with Gasteiger partial charge in [0.25, 0.3) is 0 Å². The van der Waals surface area contributed by atoms with Crippen molar-refractivity contribution in [2.24, 2.45) is 0 Å². The third-order valence-electron chi connectivity index (χ3n) is 1.50. The Hall–Kier alpha value is -0.000000000000000111. The molecule has 0 aliphatic carbocycles. The van der Waals surface area contributed by atoms with Gasteiger partial charge < -0.3 is 0 Å². The summed E-state index contributed by atoms with van der Waals surface area (Å²) in [5, 5.41) is 2.08. The Kier molecular flexibility index (Phi) is 2.43. The van der Waals surface area contributed by atoms with Crippen LogP contribution in [0.1, 0.15) is 9.30 Å². The van der Waals surface area contributed by atoms with Gasteiger partial charge in [0.1, 0.15) is 6.33 Å². The van der Waals surface area contributed by atoms with Gasteiger partial charge in [0.15, 0.2) is 0 Å². The summed E-state index contributed by atoms with van der Waals surface area (Å²) >= 11 is 8.55. The van der Waals surface area contributed by atoms with Crippen LogP contribution in [0.5, 0.6) is 0 Å². The van der Waals surface area contributed by atoms with Gasteiger partial charge in [-0.15, -0.1) is 11.3 Å². The van der Waals surface area contributed by atoms with Gasteiger partial charge in [0.05, 0.1) is 14.0 Å². The zero-order chi connectivity index (χ0) is 8.55. The van der Waals surface area contributed by atoms with E-state index in [9.17, 15) is 0 Å². The molecule has 0 aliphatic rings. The van der Waals surface area contributed by atoms with Crippen molar-refractivity contribution in [1.82, 2.24) is 9.97 Å². The third kappa shape index (κ3) is 1.41. The average molecular weight is 308 g/mol. The summed E-state index contributed by atoms with van der Waals surface area (Å²) in [5.74, 6) is 0. The lowest BCUT2D eigenvalue weighted by atomic mass is 10.3. The standard InChI is InChI=1S/C7H4Br2N2S/c8-7(9)4-2-12-5-1-10-3-11-6(4)5/h1-3,7H. The molecule has 0 unspecified atom stereocenters. The first-order chi connectivity index (χ1) is 5.79. The second-order valence-electron chi connectivity index (χ2n) is 2.23. The lowest BCUT2D eigenvalue weighted by Crippen LogP contribution is -1.81. The molecule has 2 nitrogen and oxygen atoms in total. The monoisotopic (exact) mass is 306 g/mol. The van der Waals surface area contributed by atoms with Crippen molar-refractivity contribution in [3.8, 4) is 0 Å². The number of hydrogen-bond donors (Lipinski definition) is 0. The maximum Gasteiger partial charge on any atom is 0.116 e. The van der Waals surface area contributed by atoms with Crippen LogP contribution in [-0.4, -0.2) is 9.97 Å². The molecule has 0 aromatic carbocycles. The summed E-state index contributed by atoms with van der Waals surface area (Å²) in [6.45, 7) is 0. The van der Waals surface area contributed by atoms with Crippen molar-refractivity contribution >= 4 is 53.4 Å². The maximum atomic E-state index is 4.20. The molecule has 0 saturated heterocycles. The molecule has 0 amide bonds. The molecule has 0 radical (unpaired) electrons. The van der Waals surface area contributed by atoms with E-state index in [0.717, 1.165) is 15.8 Å². The van der Waals surface area contributed by atoms with E-state index in [4.69, 9.17) is 0 Å². The molecular weight excluding hydrogens is 304 g/mol. The molecule has 2 aromatic heterocycles. The molecule has 0 bridgehead atoms. The van der Waals surface area contributed by atoms with E-state index >= 15 is 0 Å². The van der Waals surface area contributed by atoms with E-state index in [-0.39, 0.29) is 3.74 Å². The summed E-state index contributed by atoms with van der Waals surface area (Å²) in [4.78, 5) is 8.16. The minimum atomic E-state index is 0.175. The Morgan fingerprint density at radius 3 is 3.00 bits per heavy atom. The molecule has 0 spiro atoms. The molecule has 2 rings (SSSR count). The summed E-state index contributed by atoms with van der Waals surface area (Å²) in [5.41, 5.74) is 2.19. The van der Waals surface area contributed by atoms with Crippen LogP contribution in [0.4, 0.5) is 0 Å². The number of aromatic nitrogens is 2. The molecule has 0 fully saturated rings. The highest BCUT2D eigenvalue weighted by atomic mass is 79.9. The van der Waals surface area contributed by atoms with Crippen molar-refractivity contribution in [3.63, 3.8) is 0 Å². The molecule has 0 N–H and O–H groups in total. The molecule has 62 valence electrons. The Bertz CT molecular complexity index is 399. The fourth-order valence-corrected chi connectivity index (χ4v) is 2.91. The molecule has 5 heteroatoms. The van der Waals surface area contributed by atoms with Crippen LogP contribution in [0.3, 0.4) is 0 Å². The Morgan fingerprint density at radius 1 is 1.42 bits per heavy atom. The first kappa shape index (κ1) is 8.59. The molecular formula is C7H4Br2N2S. The smallest absolute Gasteiger partial charge is 0.116 e. The highest BCUT2D eigenvalue weighted by molar-refractivity contribution is 9.24. The molecule has 12 heavy (non-hydrogen) atoms. The molecule has 2 heterocycles. The van der Waals surface area contributed by atoms with Crippen LogP contribution in [0.15, 0.2) is 17.9 Å². The number of halogens is 2. The van der Waals surface area contributed by atoms with E-state index in [1.807, 2.05) is 6.20 Å². The number of thiophene rings is 1. The van der Waals surface area contributed by atoms with Crippen LogP contribution in [0.2, 0.25) is 0 Å². The van der Waals surface area contributed by atoms with Crippen LogP contribution in [0, 0.1) is 0 Å². The second-order valence-corrected chi connectivity index (χ2v) is 6.20. The highest BCUT2D eigenvalue weighted by Crippen LogP contribution is 2.36. The highest BCUT2D eigenvalue weighted by Gasteiger charge is 2.10. The van der Waals surface area contributed by atoms with Gasteiger partial charge in [-0.25, -0.2) is 9.97 Å². The zero-order valence-corrected chi connectivity index (χ0v) is 9.86. The average Bonchev–Trinajstić information content (AvgIpc) is 2.47. The van der Waals surface area contributed by atoms with Crippen molar-refractivity contribution in [2.45, 2.75) is 3.74 Å². The Morgan fingerprint density at radius 2 is 2.25 bits per heavy atom. The lowest BCUT2D eigenvalue weighted by molar-refractivity contribution is 1.22. The predicted octanol–water partition coefficient (Wildman–Crippen LogP) is 3.48. The van der Waals surface area contributed by atoms with Gasteiger partial charge in [-0.2, -0.15) is 0 Å².